The Morgan fingerprint density at radius 1 is 0.722 bits per heavy atom. The Balaban J connectivity index is 2.56. The summed E-state index contributed by atoms with van der Waals surface area (Å²) in [5, 5.41) is 3.58. The van der Waals surface area contributed by atoms with Gasteiger partial charge in [0.05, 0.1) is 0 Å². The standard InChI is InChI=1S/C16H14FN/c1-9-3-5-11-12-6-4-10(2)16(18)14(12)8-7-13(11)15(9)17/h3-8H,18H2,1-2H3. The summed E-state index contributed by atoms with van der Waals surface area (Å²) in [4.78, 5) is 0. The van der Waals surface area contributed by atoms with E-state index in [1.54, 1.807) is 6.92 Å². The van der Waals surface area contributed by atoms with Crippen molar-refractivity contribution in [1.29, 1.82) is 0 Å². The van der Waals surface area contributed by atoms with Crippen LogP contribution in [0.25, 0.3) is 21.5 Å². The average molecular weight is 239 g/mol. The van der Waals surface area contributed by atoms with Crippen LogP contribution in [0, 0.1) is 19.7 Å². The molecule has 0 aliphatic heterocycles. The van der Waals surface area contributed by atoms with E-state index in [4.69, 9.17) is 5.73 Å². The van der Waals surface area contributed by atoms with Crippen LogP contribution < -0.4 is 5.73 Å². The molecule has 0 fully saturated rings. The molecule has 0 amide bonds. The van der Waals surface area contributed by atoms with Gasteiger partial charge in [-0.1, -0.05) is 36.4 Å². The molecule has 0 spiro atoms. The van der Waals surface area contributed by atoms with Crippen LogP contribution in [-0.4, -0.2) is 0 Å². The summed E-state index contributed by atoms with van der Waals surface area (Å²) < 4.78 is 14.1. The quantitative estimate of drug-likeness (QED) is 0.458. The molecule has 0 heterocycles. The van der Waals surface area contributed by atoms with Gasteiger partial charge in [0.15, 0.2) is 0 Å². The fraction of sp³-hybridized carbons (Fsp3) is 0.125. The van der Waals surface area contributed by atoms with Crippen molar-refractivity contribution < 1.29 is 4.39 Å². The molecule has 0 bridgehead atoms. The van der Waals surface area contributed by atoms with E-state index in [1.165, 1.54) is 0 Å². The van der Waals surface area contributed by atoms with Crippen LogP contribution in [0.15, 0.2) is 36.4 Å². The summed E-state index contributed by atoms with van der Waals surface area (Å²) in [7, 11) is 0. The Bertz CT molecular complexity index is 708. The predicted octanol–water partition coefficient (Wildman–Crippen LogP) is 4.33. The van der Waals surface area contributed by atoms with Crippen molar-refractivity contribution in [3.63, 3.8) is 0 Å². The molecule has 0 radical (unpaired) electrons. The summed E-state index contributed by atoms with van der Waals surface area (Å²) in [5.74, 6) is -0.145. The maximum atomic E-state index is 14.1. The number of nitrogens with two attached hydrogens (primary N) is 1. The first-order valence-corrected chi connectivity index (χ1v) is 5.96. The van der Waals surface area contributed by atoms with Crippen LogP contribution in [0.1, 0.15) is 11.1 Å². The maximum Gasteiger partial charge on any atom is 0.133 e. The monoisotopic (exact) mass is 239 g/mol. The highest BCUT2D eigenvalue weighted by Gasteiger charge is 2.09. The predicted molar refractivity (Wildman–Crippen MR) is 75.3 cm³/mol. The lowest BCUT2D eigenvalue weighted by Gasteiger charge is -2.10. The fourth-order valence-electron chi connectivity index (χ4n) is 2.43. The van der Waals surface area contributed by atoms with E-state index in [2.05, 4.69) is 0 Å². The smallest absolute Gasteiger partial charge is 0.133 e. The third kappa shape index (κ3) is 1.39. The van der Waals surface area contributed by atoms with Crippen LogP contribution in [-0.2, 0) is 0 Å². The second-order valence-corrected chi connectivity index (χ2v) is 4.75. The minimum atomic E-state index is -0.145. The van der Waals surface area contributed by atoms with E-state index in [1.807, 2.05) is 43.3 Å². The molecular formula is C16H14FN. The van der Waals surface area contributed by atoms with Crippen LogP contribution in [0.5, 0.6) is 0 Å². The second kappa shape index (κ2) is 3.70. The normalized spacial score (nSPS) is 11.3. The minimum Gasteiger partial charge on any atom is -0.398 e. The largest absolute Gasteiger partial charge is 0.398 e. The van der Waals surface area contributed by atoms with Crippen molar-refractivity contribution >= 4 is 27.2 Å². The van der Waals surface area contributed by atoms with Crippen molar-refractivity contribution in [3.05, 3.63) is 53.3 Å². The molecule has 0 saturated carbocycles. The number of aryl methyl sites for hydroxylation is 2. The first-order chi connectivity index (χ1) is 8.59. The summed E-state index contributed by atoms with van der Waals surface area (Å²) in [6, 6.07) is 11.5. The highest BCUT2D eigenvalue weighted by atomic mass is 19.1. The van der Waals surface area contributed by atoms with Crippen molar-refractivity contribution in [2.75, 3.05) is 5.73 Å². The van der Waals surface area contributed by atoms with Gasteiger partial charge in [-0.2, -0.15) is 0 Å². The molecule has 90 valence electrons. The van der Waals surface area contributed by atoms with Crippen molar-refractivity contribution in [1.82, 2.24) is 0 Å². The number of fused-ring (bicyclic) bond motifs is 3. The molecule has 0 aliphatic carbocycles. The van der Waals surface area contributed by atoms with E-state index in [9.17, 15) is 4.39 Å². The number of hydrogen-bond donors (Lipinski definition) is 1. The molecule has 0 aromatic heterocycles. The molecule has 2 N–H and O–H groups in total. The molecule has 3 aromatic carbocycles. The SMILES string of the molecule is Cc1ccc2c(ccc3c(F)c(C)ccc32)c1N. The van der Waals surface area contributed by atoms with Crippen LogP contribution in [0.4, 0.5) is 10.1 Å². The highest BCUT2D eigenvalue weighted by molar-refractivity contribution is 6.11. The van der Waals surface area contributed by atoms with E-state index in [-0.39, 0.29) is 5.82 Å². The lowest BCUT2D eigenvalue weighted by molar-refractivity contribution is 0.631. The summed E-state index contributed by atoms with van der Waals surface area (Å²) in [6.07, 6.45) is 0. The second-order valence-electron chi connectivity index (χ2n) is 4.75. The van der Waals surface area contributed by atoms with Gasteiger partial charge in [-0.05, 0) is 35.7 Å². The zero-order chi connectivity index (χ0) is 12.9. The summed E-state index contributed by atoms with van der Waals surface area (Å²) in [6.45, 7) is 3.76. The van der Waals surface area contributed by atoms with Gasteiger partial charge in [0.2, 0.25) is 0 Å². The van der Waals surface area contributed by atoms with Gasteiger partial charge in [-0.3, -0.25) is 0 Å². The molecule has 3 rings (SSSR count). The van der Waals surface area contributed by atoms with Gasteiger partial charge >= 0.3 is 0 Å². The van der Waals surface area contributed by atoms with Crippen molar-refractivity contribution in [2.45, 2.75) is 13.8 Å². The molecule has 18 heavy (non-hydrogen) atoms. The van der Waals surface area contributed by atoms with Crippen molar-refractivity contribution in [3.8, 4) is 0 Å². The fourth-order valence-corrected chi connectivity index (χ4v) is 2.43. The van der Waals surface area contributed by atoms with Crippen LogP contribution in [0.2, 0.25) is 0 Å². The summed E-state index contributed by atoms with van der Waals surface area (Å²) >= 11 is 0. The van der Waals surface area contributed by atoms with Gasteiger partial charge < -0.3 is 5.73 Å². The van der Waals surface area contributed by atoms with Crippen LogP contribution >= 0.6 is 0 Å². The first-order valence-electron chi connectivity index (χ1n) is 5.96. The number of nitrogen functional groups attached to an aromatic ring is 1. The minimum absolute atomic E-state index is 0.145. The zero-order valence-corrected chi connectivity index (χ0v) is 10.4. The van der Waals surface area contributed by atoms with Gasteiger partial charge in [-0.15, -0.1) is 0 Å². The molecular weight excluding hydrogens is 225 g/mol. The molecule has 0 aliphatic rings. The maximum absolute atomic E-state index is 14.1. The van der Waals surface area contributed by atoms with Crippen molar-refractivity contribution in [2.24, 2.45) is 0 Å². The summed E-state index contributed by atoms with van der Waals surface area (Å²) in [5.41, 5.74) is 8.58. The number of halogens is 1. The Kier molecular flexibility index (Phi) is 2.27. The molecule has 1 nitrogen and oxygen atoms in total. The van der Waals surface area contributed by atoms with E-state index >= 15 is 0 Å². The lowest BCUT2D eigenvalue weighted by Crippen LogP contribution is -1.92. The first kappa shape index (κ1) is 11.0. The van der Waals surface area contributed by atoms with Gasteiger partial charge in [0.1, 0.15) is 5.82 Å². The highest BCUT2D eigenvalue weighted by Crippen LogP contribution is 2.32. The zero-order valence-electron chi connectivity index (χ0n) is 10.4. The van der Waals surface area contributed by atoms with Crippen LogP contribution in [0.3, 0.4) is 0 Å². The Hall–Kier alpha value is -2.09. The van der Waals surface area contributed by atoms with Gasteiger partial charge in [-0.25, -0.2) is 4.39 Å². The van der Waals surface area contributed by atoms with Gasteiger partial charge in [0.25, 0.3) is 0 Å². The average Bonchev–Trinajstić information content (AvgIpc) is 2.38. The van der Waals surface area contributed by atoms with E-state index in [0.29, 0.717) is 10.9 Å². The Labute approximate surface area is 105 Å². The Morgan fingerprint density at radius 2 is 1.22 bits per heavy atom. The third-order valence-corrected chi connectivity index (χ3v) is 3.58. The molecule has 0 saturated heterocycles. The Morgan fingerprint density at radius 3 is 1.94 bits per heavy atom. The topological polar surface area (TPSA) is 26.0 Å². The van der Waals surface area contributed by atoms with E-state index in [0.717, 1.165) is 27.4 Å². The van der Waals surface area contributed by atoms with E-state index < -0.39 is 0 Å². The third-order valence-electron chi connectivity index (χ3n) is 3.58. The number of anilines is 1. The number of benzene rings is 3. The lowest BCUT2D eigenvalue weighted by atomic mass is 9.97. The molecule has 0 unspecified atom stereocenters. The molecule has 0 atom stereocenters. The molecule has 3 aromatic rings. The number of rotatable bonds is 0. The number of hydrogen-bond acceptors (Lipinski definition) is 1. The molecule has 2 heteroatoms. The van der Waals surface area contributed by atoms with Gasteiger partial charge in [0, 0.05) is 16.5 Å².